The van der Waals surface area contributed by atoms with Gasteiger partial charge in [0.2, 0.25) is 0 Å². The van der Waals surface area contributed by atoms with Crippen LogP contribution in [0, 0.1) is 17.8 Å². The molecular weight excluding hydrogens is 324 g/mol. The van der Waals surface area contributed by atoms with Gasteiger partial charge in [-0.3, -0.25) is 9.80 Å². The van der Waals surface area contributed by atoms with Gasteiger partial charge in [0.15, 0.2) is 0 Å². The Bertz CT molecular complexity index is 544. The molecule has 3 aliphatic rings. The summed E-state index contributed by atoms with van der Waals surface area (Å²) >= 11 is 0. The van der Waals surface area contributed by atoms with Gasteiger partial charge in [0, 0.05) is 45.9 Å². The van der Waals surface area contributed by atoms with Crippen LogP contribution < -0.4 is 0 Å². The molecule has 26 heavy (non-hydrogen) atoms. The van der Waals surface area contributed by atoms with E-state index in [0.29, 0.717) is 6.61 Å². The van der Waals surface area contributed by atoms with Crippen molar-refractivity contribution >= 4 is 0 Å². The van der Waals surface area contributed by atoms with Gasteiger partial charge in [0.1, 0.15) is 0 Å². The number of benzene rings is 1. The van der Waals surface area contributed by atoms with Crippen LogP contribution in [-0.4, -0.2) is 66.9 Å². The molecule has 1 saturated heterocycles. The van der Waals surface area contributed by atoms with Crippen LogP contribution in [0.25, 0.3) is 0 Å². The van der Waals surface area contributed by atoms with Crippen molar-refractivity contribution in [3.05, 3.63) is 35.9 Å². The quantitative estimate of drug-likeness (QED) is 0.775. The molecule has 2 bridgehead atoms. The minimum atomic E-state index is -0.353. The molecule has 0 aromatic heterocycles. The van der Waals surface area contributed by atoms with E-state index in [4.69, 9.17) is 4.74 Å². The fraction of sp³-hybridized carbons (Fsp3) is 0.727. The predicted octanol–water partition coefficient (Wildman–Crippen LogP) is 2.62. The molecule has 1 aliphatic heterocycles. The third kappa shape index (κ3) is 4.86. The summed E-state index contributed by atoms with van der Waals surface area (Å²) in [6.07, 6.45) is 5.30. The van der Waals surface area contributed by atoms with Gasteiger partial charge in [0.25, 0.3) is 0 Å². The lowest BCUT2D eigenvalue weighted by atomic mass is 9.90. The number of β-amino-alcohol motifs (C(OH)–C–C–N with tert-alkyl or cyclic N) is 1. The zero-order valence-electron chi connectivity index (χ0n) is 15.9. The van der Waals surface area contributed by atoms with Gasteiger partial charge in [-0.1, -0.05) is 36.8 Å². The standard InChI is InChI=1S/C22H34N2O2/c25-22(17-26-16-21-13-19-6-7-20(21)12-19)15-24-10-8-23(9-11-24)14-18-4-2-1-3-5-18/h1-5,19-22,25H,6-17H2/t19-,20-,21-,22-/m0/s1. The van der Waals surface area contributed by atoms with Gasteiger partial charge >= 0.3 is 0 Å². The van der Waals surface area contributed by atoms with E-state index >= 15 is 0 Å². The first kappa shape index (κ1) is 18.4. The summed E-state index contributed by atoms with van der Waals surface area (Å²) in [6.45, 7) is 7.37. The monoisotopic (exact) mass is 358 g/mol. The Morgan fingerprint density at radius 2 is 1.77 bits per heavy atom. The summed E-state index contributed by atoms with van der Waals surface area (Å²) in [5.41, 5.74) is 1.38. The second kappa shape index (κ2) is 8.83. The zero-order valence-corrected chi connectivity index (χ0v) is 15.9. The molecule has 0 radical (unpaired) electrons. The smallest absolute Gasteiger partial charge is 0.0900 e. The van der Waals surface area contributed by atoms with Crippen molar-refractivity contribution in [3.8, 4) is 0 Å². The van der Waals surface area contributed by atoms with Crippen LogP contribution in [0.4, 0.5) is 0 Å². The lowest BCUT2D eigenvalue weighted by Crippen LogP contribution is -2.48. The average Bonchev–Trinajstić information content (AvgIpc) is 3.27. The first-order valence-electron chi connectivity index (χ1n) is 10.5. The Hall–Kier alpha value is -0.940. The number of fused-ring (bicyclic) bond motifs is 2. The van der Waals surface area contributed by atoms with Crippen molar-refractivity contribution in [2.24, 2.45) is 17.8 Å². The van der Waals surface area contributed by atoms with E-state index in [1.807, 2.05) is 0 Å². The van der Waals surface area contributed by atoms with Crippen LogP contribution in [0.15, 0.2) is 30.3 Å². The first-order chi connectivity index (χ1) is 12.8. The largest absolute Gasteiger partial charge is 0.389 e. The van der Waals surface area contributed by atoms with Crippen molar-refractivity contribution < 1.29 is 9.84 Å². The minimum Gasteiger partial charge on any atom is -0.389 e. The van der Waals surface area contributed by atoms with Crippen LogP contribution >= 0.6 is 0 Å². The van der Waals surface area contributed by atoms with E-state index in [1.165, 1.54) is 31.2 Å². The van der Waals surface area contributed by atoms with E-state index in [9.17, 15) is 5.11 Å². The summed E-state index contributed by atoms with van der Waals surface area (Å²) in [5.74, 6) is 2.66. The Morgan fingerprint density at radius 3 is 2.46 bits per heavy atom. The molecule has 0 unspecified atom stereocenters. The summed E-state index contributed by atoms with van der Waals surface area (Å²) < 4.78 is 5.89. The van der Waals surface area contributed by atoms with Crippen molar-refractivity contribution in [3.63, 3.8) is 0 Å². The topological polar surface area (TPSA) is 35.9 Å². The molecule has 4 heteroatoms. The fourth-order valence-corrected chi connectivity index (χ4v) is 5.26. The molecule has 3 fully saturated rings. The first-order valence-corrected chi connectivity index (χ1v) is 10.5. The Kier molecular flexibility index (Phi) is 6.26. The maximum atomic E-state index is 10.3. The van der Waals surface area contributed by atoms with Gasteiger partial charge in [0.05, 0.1) is 12.7 Å². The predicted molar refractivity (Wildman–Crippen MR) is 104 cm³/mol. The van der Waals surface area contributed by atoms with E-state index < -0.39 is 0 Å². The van der Waals surface area contributed by atoms with Crippen LogP contribution in [-0.2, 0) is 11.3 Å². The highest BCUT2D eigenvalue weighted by atomic mass is 16.5. The molecule has 0 spiro atoms. The Morgan fingerprint density at radius 1 is 1.00 bits per heavy atom. The fourth-order valence-electron chi connectivity index (χ4n) is 5.26. The van der Waals surface area contributed by atoms with Gasteiger partial charge < -0.3 is 9.84 Å². The Balaban J connectivity index is 1.10. The molecule has 4 nitrogen and oxygen atoms in total. The maximum absolute atomic E-state index is 10.3. The molecule has 1 N–H and O–H groups in total. The van der Waals surface area contributed by atoms with Gasteiger partial charge in [-0.15, -0.1) is 0 Å². The lowest BCUT2D eigenvalue weighted by Gasteiger charge is -2.35. The van der Waals surface area contributed by atoms with E-state index in [2.05, 4.69) is 40.1 Å². The minimum absolute atomic E-state index is 0.353. The van der Waals surface area contributed by atoms with Crippen molar-refractivity contribution in [1.29, 1.82) is 0 Å². The van der Waals surface area contributed by atoms with Crippen molar-refractivity contribution in [2.45, 2.75) is 38.3 Å². The number of ether oxygens (including phenoxy) is 1. The van der Waals surface area contributed by atoms with Crippen molar-refractivity contribution in [2.75, 3.05) is 45.9 Å². The number of piperazine rings is 1. The summed E-state index contributed by atoms with van der Waals surface area (Å²) in [5, 5.41) is 10.3. The van der Waals surface area contributed by atoms with Gasteiger partial charge in [-0.2, -0.15) is 0 Å². The molecule has 144 valence electrons. The summed E-state index contributed by atoms with van der Waals surface area (Å²) in [6, 6.07) is 10.7. The highest BCUT2D eigenvalue weighted by molar-refractivity contribution is 5.14. The summed E-state index contributed by atoms with van der Waals surface area (Å²) in [7, 11) is 0. The van der Waals surface area contributed by atoms with Crippen LogP contribution in [0.2, 0.25) is 0 Å². The second-order valence-corrected chi connectivity index (χ2v) is 8.69. The molecule has 0 amide bonds. The van der Waals surface area contributed by atoms with E-state index in [-0.39, 0.29) is 6.10 Å². The van der Waals surface area contributed by atoms with E-state index in [0.717, 1.165) is 63.6 Å². The van der Waals surface area contributed by atoms with Crippen LogP contribution in [0.1, 0.15) is 31.2 Å². The van der Waals surface area contributed by atoms with Gasteiger partial charge in [-0.25, -0.2) is 0 Å². The Labute approximate surface area is 158 Å². The number of rotatable bonds is 8. The van der Waals surface area contributed by atoms with Crippen molar-refractivity contribution in [1.82, 2.24) is 9.80 Å². The molecule has 1 aromatic carbocycles. The molecule has 4 atom stereocenters. The number of aliphatic hydroxyl groups is 1. The normalized spacial score (nSPS) is 30.7. The number of nitrogens with zero attached hydrogens (tertiary/aromatic N) is 2. The number of hydrogen-bond donors (Lipinski definition) is 1. The molecular formula is C22H34N2O2. The number of hydrogen-bond acceptors (Lipinski definition) is 4. The second-order valence-electron chi connectivity index (χ2n) is 8.69. The van der Waals surface area contributed by atoms with Gasteiger partial charge in [-0.05, 0) is 42.6 Å². The summed E-state index contributed by atoms with van der Waals surface area (Å²) in [4.78, 5) is 4.89. The maximum Gasteiger partial charge on any atom is 0.0900 e. The highest BCUT2D eigenvalue weighted by Gasteiger charge is 2.39. The zero-order chi connectivity index (χ0) is 17.8. The molecule has 2 aliphatic carbocycles. The van der Waals surface area contributed by atoms with E-state index in [1.54, 1.807) is 0 Å². The molecule has 1 aromatic rings. The molecule has 4 rings (SSSR count). The number of aliphatic hydroxyl groups excluding tert-OH is 1. The highest BCUT2D eigenvalue weighted by Crippen LogP contribution is 2.48. The lowest BCUT2D eigenvalue weighted by molar-refractivity contribution is -0.00897. The molecule has 1 heterocycles. The van der Waals surface area contributed by atoms with Crippen LogP contribution in [0.5, 0.6) is 0 Å². The average molecular weight is 359 g/mol. The van der Waals surface area contributed by atoms with Crippen LogP contribution in [0.3, 0.4) is 0 Å². The third-order valence-electron chi connectivity index (χ3n) is 6.71. The third-order valence-corrected chi connectivity index (χ3v) is 6.71. The SMILES string of the molecule is O[C@H](COC[C@@H]1C[C@H]2CC[C@H]1C2)CN1CCN(Cc2ccccc2)CC1. The molecule has 2 saturated carbocycles.